The average Bonchev–Trinajstić information content (AvgIpc) is 1.47. The monoisotopic (exact) mass is 1360 g/mol. The van der Waals surface area contributed by atoms with E-state index in [1.54, 1.807) is 18.2 Å². The van der Waals surface area contributed by atoms with Crippen molar-refractivity contribution >= 4 is 106 Å². The molecule has 0 radical (unpaired) electrons. The summed E-state index contributed by atoms with van der Waals surface area (Å²) in [5.74, 6) is -23.1. The molecule has 8 amide bonds. The van der Waals surface area contributed by atoms with Crippen molar-refractivity contribution in [3.05, 3.63) is 82.9 Å². The van der Waals surface area contributed by atoms with Crippen LogP contribution in [0.1, 0.15) is 106 Å². The van der Waals surface area contributed by atoms with Gasteiger partial charge in [-0.25, -0.2) is 9.59 Å². The smallest absolute Gasteiger partial charge is 0.481 e. The van der Waals surface area contributed by atoms with E-state index in [-0.39, 0.29) is 39.6 Å². The zero-order valence-corrected chi connectivity index (χ0v) is 51.0. The highest BCUT2D eigenvalue weighted by Gasteiger charge is 2.54. The fourth-order valence-electron chi connectivity index (χ4n) is 9.35. The summed E-state index contributed by atoms with van der Waals surface area (Å²) in [6.45, 7) is 5.82. The van der Waals surface area contributed by atoms with E-state index in [9.17, 15) is 106 Å². The normalized spacial score (nSPS) is 14.8. The van der Waals surface area contributed by atoms with E-state index >= 15 is 0 Å². The Morgan fingerprint density at radius 2 is 0.812 bits per heavy atom. The molecule has 0 aliphatic carbocycles. The van der Waals surface area contributed by atoms with Gasteiger partial charge in [0.2, 0.25) is 47.3 Å². The molecule has 0 saturated heterocycles. The van der Waals surface area contributed by atoms with E-state index in [0.717, 1.165) is 0 Å². The van der Waals surface area contributed by atoms with Crippen molar-refractivity contribution < 1.29 is 135 Å². The van der Waals surface area contributed by atoms with Gasteiger partial charge in [-0.15, -0.1) is 0 Å². The second kappa shape index (κ2) is 33.5. The van der Waals surface area contributed by atoms with Crippen LogP contribution >= 0.6 is 0 Å². The highest BCUT2D eigenvalue weighted by atomic mass is 19.4. The molecule has 8 atom stereocenters. The number of hydrogen-bond donors (Lipinski definition) is 17. The minimum atomic E-state index is -5.08. The number of ether oxygens (including phenoxy) is 2. The highest BCUT2D eigenvalue weighted by Crippen LogP contribution is 2.57. The molecular formula is C58H67F3N10O25. The van der Waals surface area contributed by atoms with Gasteiger partial charge in [0.25, 0.3) is 0 Å². The Morgan fingerprint density at radius 3 is 1.15 bits per heavy atom. The number of amides is 8. The predicted molar refractivity (Wildman–Crippen MR) is 316 cm³/mol. The lowest BCUT2D eigenvalue weighted by atomic mass is 9.77. The number of carbonyl (C=O) groups is 16. The fraction of sp³-hybridized carbons (Fsp3) is 0.414. The number of carboxylic acid groups (broad SMARTS) is 7. The van der Waals surface area contributed by atoms with Gasteiger partial charge < -0.3 is 99.2 Å². The van der Waals surface area contributed by atoms with Crippen LogP contribution in [0.3, 0.4) is 0 Å². The molecule has 2 aliphatic heterocycles. The molecule has 0 fully saturated rings. The number of fused-ring (bicyclic) bond motifs is 6. The van der Waals surface area contributed by atoms with Crippen LogP contribution in [0.15, 0.2) is 60.7 Å². The van der Waals surface area contributed by atoms with E-state index in [4.69, 9.17) is 41.1 Å². The molecule has 5 rings (SSSR count). The molecule has 1 spiro atoms. The minimum Gasteiger partial charge on any atom is -0.481 e. The number of aliphatic carboxylic acids is 7. The third kappa shape index (κ3) is 21.4. The van der Waals surface area contributed by atoms with Crippen molar-refractivity contribution in [3.63, 3.8) is 0 Å². The van der Waals surface area contributed by atoms with Crippen LogP contribution < -0.4 is 58.7 Å². The minimum absolute atomic E-state index is 0.102. The number of esters is 1. The SMILES string of the molecule is CC(C)[C@H](NC(=O)[C@H](CCC(=O)O)NC(=O)[C@@H](N)CC(=O)O)C(=O)N[C@@H](CC(=O)O)C(=O)Nc1ccc2c(c1)Oc1cc(NC(=O)[C@H](CC(=O)O)NC(=O)[C@@H](NC(=O)[C@H](CCC(=O)O)NC(=O)[C@@H](N)CC(=O)O)C(C)C)ccc1C21OC(=O)c2ccccc21.O=C(O)C(F)(F)F. The summed E-state index contributed by atoms with van der Waals surface area (Å²) in [7, 11) is 0. The third-order valence-electron chi connectivity index (χ3n) is 14.0. The Kier molecular flexibility index (Phi) is 26.9. The molecule has 3 aromatic carbocycles. The maximum atomic E-state index is 14.0. The van der Waals surface area contributed by atoms with Crippen molar-refractivity contribution in [2.75, 3.05) is 10.6 Å². The Morgan fingerprint density at radius 1 is 0.458 bits per heavy atom. The predicted octanol–water partition coefficient (Wildman–Crippen LogP) is -0.731. The Bertz CT molecular complexity index is 3380. The maximum Gasteiger partial charge on any atom is 0.490 e. The largest absolute Gasteiger partial charge is 0.490 e. The van der Waals surface area contributed by atoms with Gasteiger partial charge in [0.05, 0.1) is 43.3 Å². The summed E-state index contributed by atoms with van der Waals surface area (Å²) in [4.78, 5) is 200. The highest BCUT2D eigenvalue weighted by molar-refractivity contribution is 6.03. The second-order valence-electron chi connectivity index (χ2n) is 22.1. The zero-order valence-electron chi connectivity index (χ0n) is 51.0. The van der Waals surface area contributed by atoms with Crippen LogP contribution in [0.5, 0.6) is 11.5 Å². The number of rotatable bonds is 32. The molecule has 38 heteroatoms. The van der Waals surface area contributed by atoms with Gasteiger partial charge in [0.15, 0.2) is 5.60 Å². The van der Waals surface area contributed by atoms with Crippen LogP contribution in [-0.4, -0.2) is 185 Å². The topological polar surface area (TPSA) is 581 Å². The first-order valence-corrected chi connectivity index (χ1v) is 28.5. The number of nitrogens with one attached hydrogen (secondary N) is 8. The Hall–Kier alpha value is -11.3. The lowest BCUT2D eigenvalue weighted by molar-refractivity contribution is -0.192. The molecular weight excluding hydrogens is 1290 g/mol. The summed E-state index contributed by atoms with van der Waals surface area (Å²) in [6.07, 6.45) is -11.3. The fourth-order valence-corrected chi connectivity index (χ4v) is 9.35. The van der Waals surface area contributed by atoms with Gasteiger partial charge >= 0.3 is 53.9 Å². The van der Waals surface area contributed by atoms with Gasteiger partial charge in [0.1, 0.15) is 47.8 Å². The quantitative estimate of drug-likeness (QED) is 0.0343. The lowest BCUT2D eigenvalue weighted by Gasteiger charge is -2.37. The summed E-state index contributed by atoms with van der Waals surface area (Å²) in [6, 6.07) is 0.782. The first-order valence-electron chi connectivity index (χ1n) is 28.5. The molecule has 19 N–H and O–H groups in total. The second-order valence-corrected chi connectivity index (χ2v) is 22.1. The van der Waals surface area contributed by atoms with Gasteiger partial charge in [-0.05, 0) is 55.0 Å². The number of carboxylic acids is 7. The number of alkyl halides is 3. The van der Waals surface area contributed by atoms with E-state index in [2.05, 4.69) is 42.5 Å². The van der Waals surface area contributed by atoms with Crippen LogP contribution in [0.4, 0.5) is 24.5 Å². The molecule has 3 aromatic rings. The standard InChI is InChI=1S/C56H66N10O23.C2HF3O2/c1-23(2)45(65-49(81)33(13-15-39(67)68)61-47(79)31(57)19-41(71)72)53(85)63-35(21-43(75)76)51(83)59-25-9-11-29-37(17-25)88-38-18-26(10-12-30(38)56(29)28-8-6-5-7-27(28)55(87)89-56)60-52(84)36(22-44(77)78)64-54(86)46(24(3)4)66-50(82)34(14-16-40(69)70)62-48(80)32(58)20-42(73)74;3-2(4,5)1(6)7/h5-12,17-18,23-24,31-36,45-46H,13-16,19-22,57-58H2,1-4H3,(H,59,83)(H,60,84)(H,61,79)(H,62,80)(H,63,85)(H,64,86)(H,65,81)(H,66,82)(H,67,68)(H,69,70)(H,71,72)(H,73,74)(H,75,76)(H,77,78);(H,6,7)/t31-,32-,33-,34-,35-,36-,45-,46-;/m0./s1. The van der Waals surface area contributed by atoms with Crippen molar-refractivity contribution in [1.29, 1.82) is 0 Å². The molecule has 35 nitrogen and oxygen atoms in total. The lowest BCUT2D eigenvalue weighted by Crippen LogP contribution is -2.59. The van der Waals surface area contributed by atoms with Crippen molar-refractivity contribution in [1.82, 2.24) is 31.9 Å². The Labute approximate surface area is 539 Å². The third-order valence-corrected chi connectivity index (χ3v) is 14.0. The van der Waals surface area contributed by atoms with Crippen LogP contribution in [0.2, 0.25) is 0 Å². The molecule has 2 heterocycles. The van der Waals surface area contributed by atoms with Gasteiger partial charge in [-0.3, -0.25) is 67.1 Å². The van der Waals surface area contributed by atoms with E-state index < -0.39 is 218 Å². The number of hydrogen-bond acceptors (Lipinski definition) is 20. The molecule has 0 saturated carbocycles. The maximum absolute atomic E-state index is 14.0. The van der Waals surface area contributed by atoms with Crippen molar-refractivity contribution in [2.24, 2.45) is 23.3 Å². The zero-order chi connectivity index (χ0) is 72.4. The first-order chi connectivity index (χ1) is 44.7. The van der Waals surface area contributed by atoms with Gasteiger partial charge in [0, 0.05) is 53.0 Å². The summed E-state index contributed by atoms with van der Waals surface area (Å²) < 4.78 is 44.3. The van der Waals surface area contributed by atoms with Crippen molar-refractivity contribution in [3.8, 4) is 11.5 Å². The van der Waals surface area contributed by atoms with Gasteiger partial charge in [-0.1, -0.05) is 45.9 Å². The molecule has 520 valence electrons. The molecule has 2 aliphatic rings. The number of nitrogens with two attached hydrogens (primary N) is 2. The molecule has 0 aromatic heterocycles. The van der Waals surface area contributed by atoms with E-state index in [1.807, 2.05) is 0 Å². The molecule has 96 heavy (non-hydrogen) atoms. The number of carbonyl (C=O) groups excluding carboxylic acids is 9. The van der Waals surface area contributed by atoms with Crippen LogP contribution in [-0.2, 0) is 82.3 Å². The summed E-state index contributed by atoms with van der Waals surface area (Å²) in [5, 5.41) is 82.2. The first kappa shape index (κ1) is 77.1. The van der Waals surface area contributed by atoms with E-state index in [0.29, 0.717) is 5.56 Å². The summed E-state index contributed by atoms with van der Waals surface area (Å²) >= 11 is 0. The number of benzene rings is 3. The number of halogens is 3. The van der Waals surface area contributed by atoms with Crippen LogP contribution in [0.25, 0.3) is 0 Å². The summed E-state index contributed by atoms with van der Waals surface area (Å²) in [5.41, 5.74) is 10.0. The molecule has 0 unspecified atom stereocenters. The molecule has 0 bridgehead atoms. The Balaban J connectivity index is 0.00000264. The van der Waals surface area contributed by atoms with E-state index in [1.165, 1.54) is 70.2 Å². The van der Waals surface area contributed by atoms with Gasteiger partial charge in [-0.2, -0.15) is 13.2 Å². The van der Waals surface area contributed by atoms with Crippen molar-refractivity contribution in [2.45, 2.75) is 139 Å². The number of anilines is 2. The van der Waals surface area contributed by atoms with Crippen LogP contribution in [0, 0.1) is 11.8 Å². The average molecular weight is 1360 g/mol.